The van der Waals surface area contributed by atoms with E-state index in [4.69, 9.17) is 5.11 Å². The van der Waals surface area contributed by atoms with E-state index in [0.717, 1.165) is 5.56 Å². The molecule has 1 unspecified atom stereocenters. The first-order chi connectivity index (χ1) is 12.5. The van der Waals surface area contributed by atoms with Crippen molar-refractivity contribution in [2.24, 2.45) is 0 Å². The number of rotatable bonds is 9. The zero-order chi connectivity index (χ0) is 18.9. The van der Waals surface area contributed by atoms with Crippen molar-refractivity contribution >= 4 is 29.6 Å². The van der Waals surface area contributed by atoms with Crippen molar-refractivity contribution in [2.75, 3.05) is 5.75 Å². The molecule has 0 radical (unpaired) electrons. The van der Waals surface area contributed by atoms with Crippen LogP contribution in [0.5, 0.6) is 0 Å². The molecule has 0 spiro atoms. The second-order valence-electron chi connectivity index (χ2n) is 5.85. The number of ketones is 1. The van der Waals surface area contributed by atoms with E-state index in [1.54, 1.807) is 37.3 Å². The Bertz CT molecular complexity index is 776. The van der Waals surface area contributed by atoms with E-state index in [1.807, 2.05) is 24.3 Å². The van der Waals surface area contributed by atoms with Crippen LogP contribution in [-0.4, -0.2) is 28.5 Å². The third-order valence-corrected chi connectivity index (χ3v) is 4.73. The van der Waals surface area contributed by atoms with Gasteiger partial charge in [0.15, 0.2) is 5.78 Å². The number of amides is 1. The molecule has 6 heteroatoms. The molecular weight excluding hydrogens is 350 g/mol. The molecule has 0 saturated heterocycles. The first-order valence-electron chi connectivity index (χ1n) is 8.32. The van der Waals surface area contributed by atoms with Crippen LogP contribution >= 0.6 is 11.9 Å². The minimum absolute atomic E-state index is 0.0805. The standard InChI is InChI=1S/C20H21NO4S/c1-14(20(25)21-26-12-6-11-18(22)23)16-9-5-10-17(13-16)19(24)15-7-3-2-4-8-15/h2-5,7-10,13-14H,6,11-12H2,1H3,(H,21,25)(H,22,23). The first kappa shape index (κ1) is 19.7. The molecule has 2 N–H and O–H groups in total. The van der Waals surface area contributed by atoms with E-state index in [0.29, 0.717) is 23.3 Å². The lowest BCUT2D eigenvalue weighted by Crippen LogP contribution is -2.22. The Morgan fingerprint density at radius 3 is 2.42 bits per heavy atom. The monoisotopic (exact) mass is 371 g/mol. The minimum atomic E-state index is -0.842. The lowest BCUT2D eigenvalue weighted by Gasteiger charge is -2.13. The van der Waals surface area contributed by atoms with Gasteiger partial charge < -0.3 is 5.11 Å². The van der Waals surface area contributed by atoms with Gasteiger partial charge in [0.1, 0.15) is 0 Å². The number of aliphatic carboxylic acids is 1. The molecule has 26 heavy (non-hydrogen) atoms. The quantitative estimate of drug-likeness (QED) is 0.399. The summed E-state index contributed by atoms with van der Waals surface area (Å²) < 4.78 is 2.73. The predicted octanol–water partition coefficient (Wildman–Crippen LogP) is 3.65. The number of hydrogen-bond donors (Lipinski definition) is 2. The molecule has 0 fully saturated rings. The Morgan fingerprint density at radius 2 is 1.73 bits per heavy atom. The molecule has 0 aromatic heterocycles. The van der Waals surface area contributed by atoms with Crippen LogP contribution in [0.25, 0.3) is 0 Å². The molecule has 2 rings (SSSR count). The molecule has 2 aromatic rings. The number of nitrogens with one attached hydrogen (secondary N) is 1. The fraction of sp³-hybridized carbons (Fsp3) is 0.250. The van der Waals surface area contributed by atoms with Gasteiger partial charge in [0, 0.05) is 23.3 Å². The average Bonchev–Trinajstić information content (AvgIpc) is 2.67. The number of carboxylic acids is 1. The third kappa shape index (κ3) is 5.74. The van der Waals surface area contributed by atoms with Gasteiger partial charge in [0.2, 0.25) is 5.91 Å². The normalized spacial score (nSPS) is 11.6. The van der Waals surface area contributed by atoms with Gasteiger partial charge in [-0.05, 0) is 25.0 Å². The van der Waals surface area contributed by atoms with E-state index < -0.39 is 11.9 Å². The van der Waals surface area contributed by atoms with Crippen LogP contribution in [0.15, 0.2) is 54.6 Å². The van der Waals surface area contributed by atoms with Gasteiger partial charge in [-0.3, -0.25) is 19.1 Å². The summed E-state index contributed by atoms with van der Waals surface area (Å²) in [5, 5.41) is 8.59. The summed E-state index contributed by atoms with van der Waals surface area (Å²) in [5.41, 5.74) is 1.91. The van der Waals surface area contributed by atoms with Gasteiger partial charge in [-0.15, -0.1) is 0 Å². The maximum Gasteiger partial charge on any atom is 0.303 e. The molecule has 0 aliphatic heterocycles. The van der Waals surface area contributed by atoms with E-state index in [2.05, 4.69) is 4.72 Å². The topological polar surface area (TPSA) is 83.5 Å². The highest BCUT2D eigenvalue weighted by atomic mass is 32.2. The molecule has 5 nitrogen and oxygen atoms in total. The fourth-order valence-electron chi connectivity index (χ4n) is 2.36. The summed E-state index contributed by atoms with van der Waals surface area (Å²) in [4.78, 5) is 35.3. The van der Waals surface area contributed by atoms with Crippen molar-refractivity contribution in [2.45, 2.75) is 25.7 Å². The Labute approximate surface area is 156 Å². The predicted molar refractivity (Wildman–Crippen MR) is 102 cm³/mol. The summed E-state index contributed by atoms with van der Waals surface area (Å²) in [5.74, 6) is -0.967. The van der Waals surface area contributed by atoms with Gasteiger partial charge in [0.05, 0.1) is 5.92 Å². The Balaban J connectivity index is 1.97. The molecule has 136 valence electrons. The van der Waals surface area contributed by atoms with Crippen LogP contribution in [0.2, 0.25) is 0 Å². The van der Waals surface area contributed by atoms with Crippen molar-refractivity contribution < 1.29 is 19.5 Å². The molecule has 1 amide bonds. The van der Waals surface area contributed by atoms with Crippen molar-refractivity contribution in [1.29, 1.82) is 0 Å². The molecule has 0 bridgehead atoms. The maximum atomic E-state index is 12.5. The van der Waals surface area contributed by atoms with Gasteiger partial charge in [-0.25, -0.2) is 0 Å². The zero-order valence-corrected chi connectivity index (χ0v) is 15.3. The summed E-state index contributed by atoms with van der Waals surface area (Å²) in [6.45, 7) is 1.78. The summed E-state index contributed by atoms with van der Waals surface area (Å²) >= 11 is 1.20. The van der Waals surface area contributed by atoms with E-state index in [9.17, 15) is 14.4 Å². The smallest absolute Gasteiger partial charge is 0.303 e. The van der Waals surface area contributed by atoms with E-state index >= 15 is 0 Å². The van der Waals surface area contributed by atoms with Crippen LogP contribution in [0, 0.1) is 0 Å². The molecule has 0 heterocycles. The van der Waals surface area contributed by atoms with Crippen LogP contribution in [0.4, 0.5) is 0 Å². The second kappa shape index (κ2) is 9.77. The third-order valence-electron chi connectivity index (χ3n) is 3.89. The lowest BCUT2D eigenvalue weighted by atomic mass is 9.95. The molecule has 2 aromatic carbocycles. The molecule has 1 atom stereocenters. The van der Waals surface area contributed by atoms with E-state index in [-0.39, 0.29) is 18.1 Å². The largest absolute Gasteiger partial charge is 0.481 e. The average molecular weight is 371 g/mol. The fourth-order valence-corrected chi connectivity index (χ4v) is 3.07. The highest BCUT2D eigenvalue weighted by Gasteiger charge is 2.17. The number of hydrogen-bond acceptors (Lipinski definition) is 4. The van der Waals surface area contributed by atoms with Crippen molar-refractivity contribution in [1.82, 2.24) is 4.72 Å². The maximum absolute atomic E-state index is 12.5. The van der Waals surface area contributed by atoms with Gasteiger partial charge in [0.25, 0.3) is 0 Å². The molecule has 0 saturated carbocycles. The summed E-state index contributed by atoms with van der Waals surface area (Å²) in [6, 6.07) is 16.1. The van der Waals surface area contributed by atoms with Crippen molar-refractivity contribution in [3.8, 4) is 0 Å². The number of carbonyl (C=O) groups excluding carboxylic acids is 2. The second-order valence-corrected chi connectivity index (χ2v) is 6.76. The van der Waals surface area contributed by atoms with Crippen LogP contribution in [0.1, 0.15) is 47.2 Å². The molecule has 0 aliphatic carbocycles. The Hall–Kier alpha value is -2.60. The van der Waals surface area contributed by atoms with Crippen LogP contribution in [-0.2, 0) is 9.59 Å². The number of carboxylic acid groups (broad SMARTS) is 1. The number of carbonyl (C=O) groups is 3. The SMILES string of the molecule is CC(C(=O)NSCCCC(=O)O)c1cccc(C(=O)c2ccccc2)c1. The summed E-state index contributed by atoms with van der Waals surface area (Å²) in [6.07, 6.45) is 0.581. The summed E-state index contributed by atoms with van der Waals surface area (Å²) in [7, 11) is 0. The van der Waals surface area contributed by atoms with Gasteiger partial charge >= 0.3 is 5.97 Å². The highest BCUT2D eigenvalue weighted by Crippen LogP contribution is 2.20. The van der Waals surface area contributed by atoms with Crippen LogP contribution < -0.4 is 4.72 Å². The Kier molecular flexibility index (Phi) is 7.41. The molecule has 0 aliphatic rings. The van der Waals surface area contributed by atoms with Gasteiger partial charge in [-0.2, -0.15) is 0 Å². The van der Waals surface area contributed by atoms with E-state index in [1.165, 1.54) is 11.9 Å². The first-order valence-corrected chi connectivity index (χ1v) is 9.30. The minimum Gasteiger partial charge on any atom is -0.481 e. The molecular formula is C20H21NO4S. The van der Waals surface area contributed by atoms with Gasteiger partial charge in [-0.1, -0.05) is 60.5 Å². The van der Waals surface area contributed by atoms with Crippen molar-refractivity contribution in [3.05, 3.63) is 71.3 Å². The highest BCUT2D eigenvalue weighted by molar-refractivity contribution is 7.97. The lowest BCUT2D eigenvalue weighted by molar-refractivity contribution is -0.137. The van der Waals surface area contributed by atoms with Crippen LogP contribution in [0.3, 0.4) is 0 Å². The zero-order valence-electron chi connectivity index (χ0n) is 14.5. The number of benzene rings is 2. The van der Waals surface area contributed by atoms with Crippen molar-refractivity contribution in [3.63, 3.8) is 0 Å². The Morgan fingerprint density at radius 1 is 1.04 bits per heavy atom.